The molecule has 21 heavy (non-hydrogen) atoms. The molecule has 108 valence electrons. The Kier molecular flexibility index (Phi) is 3.76. The van der Waals surface area contributed by atoms with Gasteiger partial charge >= 0.3 is 0 Å². The minimum atomic E-state index is -0.0366. The van der Waals surface area contributed by atoms with E-state index in [1.54, 1.807) is 0 Å². The molecular formula is C18H20N2O. The average Bonchev–Trinajstić information content (AvgIpc) is 2.46. The summed E-state index contributed by atoms with van der Waals surface area (Å²) in [6.45, 7) is 3.56. The highest BCUT2D eigenvalue weighted by atomic mass is 16.1. The molecule has 2 aromatic carbocycles. The summed E-state index contributed by atoms with van der Waals surface area (Å²) in [5.74, 6) is 0.358. The Labute approximate surface area is 125 Å². The molecule has 0 radical (unpaired) electrons. The van der Waals surface area contributed by atoms with E-state index in [2.05, 4.69) is 53.7 Å². The van der Waals surface area contributed by atoms with Crippen molar-refractivity contribution in [2.75, 3.05) is 18.9 Å². The summed E-state index contributed by atoms with van der Waals surface area (Å²) in [5.41, 5.74) is 4.97. The molecule has 0 saturated heterocycles. The number of benzene rings is 2. The molecule has 0 saturated carbocycles. The Hall–Kier alpha value is -2.13. The first kappa shape index (κ1) is 13.8. The van der Waals surface area contributed by atoms with E-state index in [-0.39, 0.29) is 5.91 Å². The maximum atomic E-state index is 11.1. The number of hydrogen-bond donors (Lipinski definition) is 1. The summed E-state index contributed by atoms with van der Waals surface area (Å²) in [6.07, 6.45) is 0. The topological polar surface area (TPSA) is 32.3 Å². The van der Waals surface area contributed by atoms with Gasteiger partial charge in [0.15, 0.2) is 0 Å². The van der Waals surface area contributed by atoms with Gasteiger partial charge in [-0.25, -0.2) is 0 Å². The second kappa shape index (κ2) is 5.70. The van der Waals surface area contributed by atoms with Gasteiger partial charge in [-0.3, -0.25) is 4.79 Å². The Morgan fingerprint density at radius 1 is 1.14 bits per heavy atom. The molecule has 1 amide bonds. The van der Waals surface area contributed by atoms with Crippen molar-refractivity contribution >= 4 is 11.6 Å². The largest absolute Gasteiger partial charge is 0.326 e. The standard InChI is InChI=1S/C18H20N2O/c1-13(21)19-16-9-7-14(8-10-16)18-12-20(2)11-15-5-3-4-6-17(15)18/h3-10,18H,11-12H2,1-2H3,(H,19,21). The molecule has 0 fully saturated rings. The van der Waals surface area contributed by atoms with Gasteiger partial charge < -0.3 is 10.2 Å². The van der Waals surface area contributed by atoms with Crippen LogP contribution in [0.1, 0.15) is 29.5 Å². The van der Waals surface area contributed by atoms with Crippen LogP contribution in [0.2, 0.25) is 0 Å². The van der Waals surface area contributed by atoms with Crippen LogP contribution in [0.5, 0.6) is 0 Å². The molecule has 0 spiro atoms. The molecule has 3 heteroatoms. The summed E-state index contributed by atoms with van der Waals surface area (Å²) >= 11 is 0. The zero-order chi connectivity index (χ0) is 14.8. The van der Waals surface area contributed by atoms with E-state index < -0.39 is 0 Å². The predicted octanol–water partition coefficient (Wildman–Crippen LogP) is 3.22. The lowest BCUT2D eigenvalue weighted by atomic mass is 9.85. The molecule has 0 aromatic heterocycles. The van der Waals surface area contributed by atoms with E-state index >= 15 is 0 Å². The van der Waals surface area contributed by atoms with Gasteiger partial charge in [-0.2, -0.15) is 0 Å². The number of likely N-dealkylation sites (N-methyl/N-ethyl adjacent to an activating group) is 1. The normalized spacial score (nSPS) is 18.1. The SMILES string of the molecule is CC(=O)Nc1ccc(C2CN(C)Cc3ccccc32)cc1. The average molecular weight is 280 g/mol. The second-order valence-corrected chi connectivity index (χ2v) is 5.75. The fourth-order valence-electron chi connectivity index (χ4n) is 3.07. The Morgan fingerprint density at radius 3 is 2.57 bits per heavy atom. The number of nitrogens with one attached hydrogen (secondary N) is 1. The molecule has 3 nitrogen and oxygen atoms in total. The number of amides is 1. The van der Waals surface area contributed by atoms with Crippen molar-refractivity contribution in [1.29, 1.82) is 0 Å². The van der Waals surface area contributed by atoms with Crippen molar-refractivity contribution in [3.63, 3.8) is 0 Å². The van der Waals surface area contributed by atoms with E-state index in [9.17, 15) is 4.79 Å². The molecule has 2 aromatic rings. The van der Waals surface area contributed by atoms with Crippen LogP contribution in [0, 0.1) is 0 Å². The molecule has 1 aliphatic heterocycles. The van der Waals surface area contributed by atoms with Crippen LogP contribution in [-0.4, -0.2) is 24.4 Å². The molecule has 3 rings (SSSR count). The molecule has 0 bridgehead atoms. The molecular weight excluding hydrogens is 260 g/mol. The fraction of sp³-hybridized carbons (Fsp3) is 0.278. The first-order valence-electron chi connectivity index (χ1n) is 7.27. The molecule has 1 atom stereocenters. The van der Waals surface area contributed by atoms with E-state index in [0.717, 1.165) is 18.8 Å². The first-order valence-corrected chi connectivity index (χ1v) is 7.27. The third kappa shape index (κ3) is 2.98. The predicted molar refractivity (Wildman–Crippen MR) is 85.4 cm³/mol. The minimum Gasteiger partial charge on any atom is -0.326 e. The van der Waals surface area contributed by atoms with Crippen molar-refractivity contribution in [1.82, 2.24) is 4.90 Å². The van der Waals surface area contributed by atoms with E-state index in [1.807, 2.05) is 12.1 Å². The van der Waals surface area contributed by atoms with Gasteiger partial charge in [0, 0.05) is 31.6 Å². The highest BCUT2D eigenvalue weighted by molar-refractivity contribution is 5.88. The van der Waals surface area contributed by atoms with Gasteiger partial charge in [0.1, 0.15) is 0 Å². The molecule has 1 heterocycles. The lowest BCUT2D eigenvalue weighted by Crippen LogP contribution is -2.30. The number of fused-ring (bicyclic) bond motifs is 1. The third-order valence-electron chi connectivity index (χ3n) is 4.00. The number of hydrogen-bond acceptors (Lipinski definition) is 2. The van der Waals surface area contributed by atoms with Gasteiger partial charge in [-0.1, -0.05) is 36.4 Å². The summed E-state index contributed by atoms with van der Waals surface area (Å²) in [4.78, 5) is 13.4. The zero-order valence-corrected chi connectivity index (χ0v) is 12.5. The summed E-state index contributed by atoms with van der Waals surface area (Å²) < 4.78 is 0. The first-order chi connectivity index (χ1) is 10.1. The number of nitrogens with zero attached hydrogens (tertiary/aromatic N) is 1. The van der Waals surface area contributed by atoms with Crippen LogP contribution in [0.25, 0.3) is 0 Å². The van der Waals surface area contributed by atoms with Crippen LogP contribution in [0.4, 0.5) is 5.69 Å². The van der Waals surface area contributed by atoms with Gasteiger partial charge in [0.2, 0.25) is 5.91 Å². The second-order valence-electron chi connectivity index (χ2n) is 5.75. The van der Waals surface area contributed by atoms with Crippen LogP contribution in [0.3, 0.4) is 0 Å². The van der Waals surface area contributed by atoms with E-state index in [0.29, 0.717) is 5.92 Å². The lowest BCUT2D eigenvalue weighted by Gasteiger charge is -2.32. The van der Waals surface area contributed by atoms with E-state index in [4.69, 9.17) is 0 Å². The minimum absolute atomic E-state index is 0.0366. The maximum Gasteiger partial charge on any atom is 0.221 e. The Balaban J connectivity index is 1.91. The van der Waals surface area contributed by atoms with E-state index in [1.165, 1.54) is 23.6 Å². The monoisotopic (exact) mass is 280 g/mol. The Morgan fingerprint density at radius 2 is 1.86 bits per heavy atom. The Bertz CT molecular complexity index is 649. The van der Waals surface area contributed by atoms with Gasteiger partial charge in [-0.15, -0.1) is 0 Å². The number of anilines is 1. The summed E-state index contributed by atoms with van der Waals surface area (Å²) in [5, 5.41) is 2.81. The molecule has 0 aliphatic carbocycles. The zero-order valence-electron chi connectivity index (χ0n) is 12.5. The summed E-state index contributed by atoms with van der Waals surface area (Å²) in [7, 11) is 2.16. The summed E-state index contributed by atoms with van der Waals surface area (Å²) in [6, 6.07) is 16.9. The van der Waals surface area contributed by atoms with Crippen LogP contribution >= 0.6 is 0 Å². The molecule has 1 N–H and O–H groups in total. The number of carbonyl (C=O) groups is 1. The van der Waals surface area contributed by atoms with Crippen molar-refractivity contribution in [2.45, 2.75) is 19.4 Å². The van der Waals surface area contributed by atoms with Crippen LogP contribution < -0.4 is 5.32 Å². The molecule has 1 aliphatic rings. The molecule has 1 unspecified atom stereocenters. The van der Waals surface area contributed by atoms with Gasteiger partial charge in [-0.05, 0) is 35.9 Å². The van der Waals surface area contributed by atoms with Gasteiger partial charge in [0.25, 0.3) is 0 Å². The highest BCUT2D eigenvalue weighted by Gasteiger charge is 2.24. The maximum absolute atomic E-state index is 11.1. The van der Waals surface area contributed by atoms with Crippen molar-refractivity contribution in [3.05, 3.63) is 65.2 Å². The smallest absolute Gasteiger partial charge is 0.221 e. The van der Waals surface area contributed by atoms with Crippen molar-refractivity contribution in [3.8, 4) is 0 Å². The highest BCUT2D eigenvalue weighted by Crippen LogP contribution is 2.33. The number of rotatable bonds is 2. The number of carbonyl (C=O) groups excluding carboxylic acids is 1. The third-order valence-corrected chi connectivity index (χ3v) is 4.00. The lowest BCUT2D eigenvalue weighted by molar-refractivity contribution is -0.114. The quantitative estimate of drug-likeness (QED) is 0.916. The van der Waals surface area contributed by atoms with Crippen molar-refractivity contribution < 1.29 is 4.79 Å². The van der Waals surface area contributed by atoms with Crippen LogP contribution in [0.15, 0.2) is 48.5 Å². The fourth-order valence-corrected chi connectivity index (χ4v) is 3.07. The van der Waals surface area contributed by atoms with Crippen LogP contribution in [-0.2, 0) is 11.3 Å². The van der Waals surface area contributed by atoms with Crippen molar-refractivity contribution in [2.24, 2.45) is 0 Å². The van der Waals surface area contributed by atoms with Gasteiger partial charge in [0.05, 0.1) is 0 Å².